The maximum Gasteiger partial charge on any atom is 0.251 e. The van der Waals surface area contributed by atoms with E-state index in [1.807, 2.05) is 69.3 Å². The molecule has 1 aromatic heterocycles. The van der Waals surface area contributed by atoms with Crippen LogP contribution in [0, 0.1) is 13.8 Å². The molecule has 0 fully saturated rings. The fourth-order valence-electron chi connectivity index (χ4n) is 3.20. The van der Waals surface area contributed by atoms with E-state index in [2.05, 4.69) is 5.32 Å². The molecule has 1 unspecified atom stereocenters. The van der Waals surface area contributed by atoms with Crippen LogP contribution in [0.4, 0.5) is 0 Å². The topological polar surface area (TPSA) is 51.1 Å². The van der Waals surface area contributed by atoms with Crippen LogP contribution >= 0.6 is 0 Å². The Morgan fingerprint density at radius 2 is 1.76 bits per heavy atom. The lowest BCUT2D eigenvalue weighted by Crippen LogP contribution is -2.34. The molecule has 1 amide bonds. The van der Waals surface area contributed by atoms with Crippen LogP contribution in [0.3, 0.4) is 0 Å². The van der Waals surface area contributed by atoms with Crippen LogP contribution in [0.2, 0.25) is 0 Å². The van der Waals surface area contributed by atoms with Gasteiger partial charge in [0.25, 0.3) is 5.56 Å². The summed E-state index contributed by atoms with van der Waals surface area (Å²) in [6.45, 7) is 5.83. The molecule has 128 valence electrons. The molecular formula is C21H22N2O2. The lowest BCUT2D eigenvalue weighted by molar-refractivity contribution is -0.122. The van der Waals surface area contributed by atoms with Crippen molar-refractivity contribution >= 4 is 16.8 Å². The number of aromatic nitrogens is 1. The number of hydrogen-bond acceptors (Lipinski definition) is 2. The lowest BCUT2D eigenvalue weighted by atomic mass is 10.1. The maximum atomic E-state index is 12.5. The molecule has 3 aromatic rings. The molecule has 0 aliphatic carbocycles. The lowest BCUT2D eigenvalue weighted by Gasteiger charge is -2.17. The number of nitrogens with zero attached hydrogens (tertiary/aromatic N) is 1. The summed E-state index contributed by atoms with van der Waals surface area (Å²) in [5.74, 6) is -0.174. The smallest absolute Gasteiger partial charge is 0.251 e. The van der Waals surface area contributed by atoms with Crippen molar-refractivity contribution < 1.29 is 4.79 Å². The van der Waals surface area contributed by atoms with E-state index in [9.17, 15) is 9.59 Å². The summed E-state index contributed by atoms with van der Waals surface area (Å²) in [4.78, 5) is 25.0. The highest BCUT2D eigenvalue weighted by atomic mass is 16.2. The van der Waals surface area contributed by atoms with Crippen molar-refractivity contribution in [3.63, 3.8) is 0 Å². The number of fused-ring (bicyclic) bond motifs is 1. The average Bonchev–Trinajstić information content (AvgIpc) is 2.59. The van der Waals surface area contributed by atoms with Gasteiger partial charge in [0.05, 0.1) is 11.6 Å². The van der Waals surface area contributed by atoms with Gasteiger partial charge < -0.3 is 5.32 Å². The van der Waals surface area contributed by atoms with Crippen LogP contribution in [-0.4, -0.2) is 10.5 Å². The van der Waals surface area contributed by atoms with Gasteiger partial charge in [-0.25, -0.2) is 0 Å². The highest BCUT2D eigenvalue weighted by Gasteiger charge is 2.14. The number of pyridine rings is 1. The van der Waals surface area contributed by atoms with E-state index in [1.54, 1.807) is 10.6 Å². The standard InChI is InChI=1S/C21H22N2O2/c1-14-8-7-11-18-15(2)12-20(25)23(21(14)18)13-19(24)22-16(3)17-9-5-4-6-10-17/h4-12,16H,13H2,1-3H3,(H,22,24). The van der Waals surface area contributed by atoms with E-state index in [1.165, 1.54) is 0 Å². The van der Waals surface area contributed by atoms with Gasteiger partial charge in [0, 0.05) is 11.5 Å². The Kier molecular flexibility index (Phi) is 4.70. The number of hydrogen-bond donors (Lipinski definition) is 1. The molecule has 3 rings (SSSR count). The number of para-hydroxylation sites is 1. The van der Waals surface area contributed by atoms with Crippen LogP contribution in [-0.2, 0) is 11.3 Å². The Morgan fingerprint density at radius 1 is 1.04 bits per heavy atom. The molecule has 1 atom stereocenters. The number of carbonyl (C=O) groups is 1. The minimum absolute atomic E-state index is 0.0115. The van der Waals surface area contributed by atoms with Crippen molar-refractivity contribution in [3.05, 3.63) is 81.6 Å². The minimum Gasteiger partial charge on any atom is -0.348 e. The Labute approximate surface area is 147 Å². The third kappa shape index (κ3) is 3.48. The molecule has 4 heteroatoms. The monoisotopic (exact) mass is 334 g/mol. The Balaban J connectivity index is 1.90. The molecular weight excluding hydrogens is 312 g/mol. The summed E-state index contributed by atoms with van der Waals surface area (Å²) in [6, 6.07) is 17.2. The first-order chi connectivity index (χ1) is 12.0. The van der Waals surface area contributed by atoms with E-state index in [0.29, 0.717) is 0 Å². The first-order valence-corrected chi connectivity index (χ1v) is 8.41. The number of carbonyl (C=O) groups excluding carboxylic acids is 1. The molecule has 2 aromatic carbocycles. The van der Waals surface area contributed by atoms with Gasteiger partial charge in [0.15, 0.2) is 0 Å². The number of benzene rings is 2. The molecule has 0 radical (unpaired) electrons. The second-order valence-corrected chi connectivity index (χ2v) is 6.42. The number of rotatable bonds is 4. The molecule has 25 heavy (non-hydrogen) atoms. The molecule has 0 spiro atoms. The number of amides is 1. The molecule has 0 aliphatic heterocycles. The summed E-state index contributed by atoms with van der Waals surface area (Å²) in [5.41, 5.74) is 3.63. The third-order valence-corrected chi connectivity index (χ3v) is 4.52. The molecule has 0 aliphatic rings. The average molecular weight is 334 g/mol. The van der Waals surface area contributed by atoms with Crippen LogP contribution in [0.1, 0.15) is 29.7 Å². The summed E-state index contributed by atoms with van der Waals surface area (Å²) in [5, 5.41) is 3.98. The highest BCUT2D eigenvalue weighted by Crippen LogP contribution is 2.20. The quantitative estimate of drug-likeness (QED) is 0.794. The van der Waals surface area contributed by atoms with Gasteiger partial charge >= 0.3 is 0 Å². The Bertz CT molecular complexity index is 974. The van der Waals surface area contributed by atoms with Crippen molar-refractivity contribution in [3.8, 4) is 0 Å². The third-order valence-electron chi connectivity index (χ3n) is 4.52. The van der Waals surface area contributed by atoms with Crippen LogP contribution in [0.5, 0.6) is 0 Å². The van der Waals surface area contributed by atoms with Crippen LogP contribution < -0.4 is 10.9 Å². The molecule has 0 bridgehead atoms. The van der Waals surface area contributed by atoms with Crippen molar-refractivity contribution in [2.24, 2.45) is 0 Å². The van der Waals surface area contributed by atoms with E-state index >= 15 is 0 Å². The van der Waals surface area contributed by atoms with Crippen molar-refractivity contribution in [2.75, 3.05) is 0 Å². The normalized spacial score (nSPS) is 12.1. The summed E-state index contributed by atoms with van der Waals surface area (Å²) in [7, 11) is 0. The first kappa shape index (κ1) is 17.0. The number of aryl methyl sites for hydroxylation is 2. The van der Waals surface area contributed by atoms with Gasteiger partial charge in [-0.05, 0) is 37.5 Å². The predicted molar refractivity (Wildman–Crippen MR) is 101 cm³/mol. The predicted octanol–water partition coefficient (Wildman–Crippen LogP) is 3.50. The van der Waals surface area contributed by atoms with Gasteiger partial charge in [-0.2, -0.15) is 0 Å². The van der Waals surface area contributed by atoms with Crippen LogP contribution in [0.25, 0.3) is 10.9 Å². The summed E-state index contributed by atoms with van der Waals surface area (Å²) < 4.78 is 1.56. The van der Waals surface area contributed by atoms with E-state index in [-0.39, 0.29) is 24.1 Å². The molecule has 0 saturated heterocycles. The minimum atomic E-state index is -0.174. The first-order valence-electron chi connectivity index (χ1n) is 8.41. The molecule has 4 nitrogen and oxygen atoms in total. The second-order valence-electron chi connectivity index (χ2n) is 6.42. The van der Waals surface area contributed by atoms with Crippen molar-refractivity contribution in [2.45, 2.75) is 33.4 Å². The zero-order chi connectivity index (χ0) is 18.0. The van der Waals surface area contributed by atoms with Crippen molar-refractivity contribution in [1.82, 2.24) is 9.88 Å². The zero-order valence-electron chi connectivity index (χ0n) is 14.7. The summed E-state index contributed by atoms with van der Waals surface area (Å²) in [6.07, 6.45) is 0. The highest BCUT2D eigenvalue weighted by molar-refractivity contribution is 5.87. The SMILES string of the molecule is Cc1cc(=O)n(CC(=O)NC(C)c2ccccc2)c2c(C)cccc12. The van der Waals surface area contributed by atoms with Crippen molar-refractivity contribution in [1.29, 1.82) is 0 Å². The molecule has 0 saturated carbocycles. The Hall–Kier alpha value is -2.88. The fourth-order valence-corrected chi connectivity index (χ4v) is 3.20. The fraction of sp³-hybridized carbons (Fsp3) is 0.238. The molecule has 1 heterocycles. The van der Waals surface area contributed by atoms with Gasteiger partial charge in [0.2, 0.25) is 5.91 Å². The summed E-state index contributed by atoms with van der Waals surface area (Å²) >= 11 is 0. The Morgan fingerprint density at radius 3 is 2.48 bits per heavy atom. The molecule has 1 N–H and O–H groups in total. The van der Waals surface area contributed by atoms with E-state index in [4.69, 9.17) is 0 Å². The van der Waals surface area contributed by atoms with Gasteiger partial charge in [0.1, 0.15) is 6.54 Å². The maximum absolute atomic E-state index is 12.5. The van der Waals surface area contributed by atoms with E-state index < -0.39 is 0 Å². The van der Waals surface area contributed by atoms with E-state index in [0.717, 1.165) is 27.6 Å². The second kappa shape index (κ2) is 6.93. The largest absolute Gasteiger partial charge is 0.348 e. The van der Waals surface area contributed by atoms with Crippen LogP contribution in [0.15, 0.2) is 59.4 Å². The van der Waals surface area contributed by atoms with Gasteiger partial charge in [-0.1, -0.05) is 48.5 Å². The zero-order valence-corrected chi connectivity index (χ0v) is 14.7. The van der Waals surface area contributed by atoms with Gasteiger partial charge in [-0.3, -0.25) is 14.2 Å². The number of nitrogens with one attached hydrogen (secondary N) is 1. The van der Waals surface area contributed by atoms with Gasteiger partial charge in [-0.15, -0.1) is 0 Å².